The number of nitro benzene ring substituents is 1. The van der Waals surface area contributed by atoms with Crippen LogP contribution in [0.4, 0.5) is 11.4 Å². The van der Waals surface area contributed by atoms with Crippen LogP contribution in [-0.4, -0.2) is 16.9 Å². The smallest absolute Gasteiger partial charge is 0.269 e. The van der Waals surface area contributed by atoms with Gasteiger partial charge in [0.2, 0.25) is 0 Å². The lowest BCUT2D eigenvalue weighted by Crippen LogP contribution is -2.30. The van der Waals surface area contributed by atoms with Gasteiger partial charge in [-0.25, -0.2) is 0 Å². The molecule has 2 aromatic carbocycles. The first-order chi connectivity index (χ1) is 12.3. The van der Waals surface area contributed by atoms with Gasteiger partial charge < -0.3 is 10.1 Å². The van der Waals surface area contributed by atoms with Crippen LogP contribution in [0.3, 0.4) is 0 Å². The predicted molar refractivity (Wildman–Crippen MR) is 102 cm³/mol. The van der Waals surface area contributed by atoms with Crippen molar-refractivity contribution in [3.8, 4) is 5.75 Å². The van der Waals surface area contributed by atoms with Crippen molar-refractivity contribution in [1.29, 1.82) is 0 Å². The minimum Gasteiger partial charge on any atom is -0.481 e. The maximum absolute atomic E-state index is 12.5. The average Bonchev–Trinajstić information content (AvgIpc) is 2.62. The summed E-state index contributed by atoms with van der Waals surface area (Å²) in [6, 6.07) is 12.0. The third-order valence-corrected chi connectivity index (χ3v) is 4.41. The molecule has 0 aromatic heterocycles. The summed E-state index contributed by atoms with van der Waals surface area (Å²) in [5.41, 5.74) is 2.22. The molecule has 0 saturated carbocycles. The van der Waals surface area contributed by atoms with Gasteiger partial charge in [0.15, 0.2) is 6.10 Å². The summed E-state index contributed by atoms with van der Waals surface area (Å²) in [5.74, 6) is 0.726. The molecular formula is C20H24N2O4. The van der Waals surface area contributed by atoms with Gasteiger partial charge in [0.1, 0.15) is 5.75 Å². The Hall–Kier alpha value is -2.89. The van der Waals surface area contributed by atoms with E-state index in [2.05, 4.69) is 19.2 Å². The first-order valence-corrected chi connectivity index (χ1v) is 8.65. The van der Waals surface area contributed by atoms with Crippen LogP contribution in [0.1, 0.15) is 44.2 Å². The molecule has 138 valence electrons. The van der Waals surface area contributed by atoms with E-state index in [1.54, 1.807) is 13.8 Å². The van der Waals surface area contributed by atoms with E-state index in [9.17, 15) is 14.9 Å². The predicted octanol–water partition coefficient (Wildman–Crippen LogP) is 4.82. The molecule has 1 N–H and O–H groups in total. The van der Waals surface area contributed by atoms with Crippen molar-refractivity contribution in [2.75, 3.05) is 5.32 Å². The Kier molecular flexibility index (Phi) is 6.33. The molecule has 6 nitrogen and oxygen atoms in total. The largest absolute Gasteiger partial charge is 0.481 e. The number of nitrogens with one attached hydrogen (secondary N) is 1. The van der Waals surface area contributed by atoms with E-state index in [1.165, 1.54) is 18.2 Å². The van der Waals surface area contributed by atoms with Gasteiger partial charge >= 0.3 is 0 Å². The number of para-hydroxylation sites is 1. The fraction of sp³-hybridized carbons (Fsp3) is 0.350. The Balaban J connectivity index is 2.10. The highest BCUT2D eigenvalue weighted by Gasteiger charge is 2.19. The Morgan fingerprint density at radius 2 is 1.92 bits per heavy atom. The van der Waals surface area contributed by atoms with Gasteiger partial charge in [-0.2, -0.15) is 0 Å². The molecule has 1 amide bonds. The minimum atomic E-state index is -0.699. The number of carbonyl (C=O) groups excluding carboxylic acids is 1. The number of benzene rings is 2. The van der Waals surface area contributed by atoms with Gasteiger partial charge in [0.05, 0.1) is 4.92 Å². The molecule has 2 unspecified atom stereocenters. The van der Waals surface area contributed by atoms with Crippen molar-refractivity contribution < 1.29 is 14.5 Å². The minimum absolute atomic E-state index is 0.00715. The first kappa shape index (κ1) is 19.4. The second-order valence-corrected chi connectivity index (χ2v) is 6.35. The molecule has 0 saturated heterocycles. The standard InChI is InChI=1S/C20H24N2O4/c1-5-13(2)17-8-6-7-9-19(17)26-15(4)20(23)21-18-11-10-16(22(24)25)12-14(18)3/h6-13,15H,5H2,1-4H3,(H,21,23). The van der Waals surface area contributed by atoms with Gasteiger partial charge in [-0.05, 0) is 49.4 Å². The third-order valence-electron chi connectivity index (χ3n) is 4.41. The van der Waals surface area contributed by atoms with E-state index in [4.69, 9.17) is 4.74 Å². The maximum atomic E-state index is 12.5. The van der Waals surface area contributed by atoms with Gasteiger partial charge in [-0.3, -0.25) is 14.9 Å². The Labute approximate surface area is 153 Å². The molecule has 26 heavy (non-hydrogen) atoms. The molecule has 0 spiro atoms. The molecule has 0 heterocycles. The summed E-state index contributed by atoms with van der Waals surface area (Å²) >= 11 is 0. The van der Waals surface area contributed by atoms with Gasteiger partial charge in [0.25, 0.3) is 11.6 Å². The first-order valence-electron chi connectivity index (χ1n) is 8.65. The molecule has 0 aliphatic rings. The number of nitro groups is 1. The second-order valence-electron chi connectivity index (χ2n) is 6.35. The number of ether oxygens (including phenoxy) is 1. The number of hydrogen-bond donors (Lipinski definition) is 1. The monoisotopic (exact) mass is 356 g/mol. The highest BCUT2D eigenvalue weighted by atomic mass is 16.6. The van der Waals surface area contributed by atoms with Crippen LogP contribution < -0.4 is 10.1 Å². The summed E-state index contributed by atoms with van der Waals surface area (Å²) < 4.78 is 5.88. The number of rotatable bonds is 7. The van der Waals surface area contributed by atoms with E-state index < -0.39 is 11.0 Å². The maximum Gasteiger partial charge on any atom is 0.269 e. The average molecular weight is 356 g/mol. The molecular weight excluding hydrogens is 332 g/mol. The molecule has 0 fully saturated rings. The molecule has 2 rings (SSSR count). The number of amides is 1. The SMILES string of the molecule is CCC(C)c1ccccc1OC(C)C(=O)Nc1ccc([N+](=O)[O-])cc1C. The van der Waals surface area contributed by atoms with Crippen molar-refractivity contribution in [3.63, 3.8) is 0 Å². The fourth-order valence-electron chi connectivity index (χ4n) is 2.59. The number of carbonyl (C=O) groups is 1. The third kappa shape index (κ3) is 4.59. The Bertz CT molecular complexity index is 804. The number of nitrogens with zero attached hydrogens (tertiary/aromatic N) is 1. The summed E-state index contributed by atoms with van der Waals surface area (Å²) in [6.07, 6.45) is 0.276. The number of anilines is 1. The zero-order chi connectivity index (χ0) is 19.3. The van der Waals surface area contributed by atoms with Gasteiger partial charge in [-0.15, -0.1) is 0 Å². The lowest BCUT2D eigenvalue weighted by atomic mass is 9.98. The van der Waals surface area contributed by atoms with E-state index in [0.717, 1.165) is 12.0 Å². The van der Waals surface area contributed by atoms with Crippen molar-refractivity contribution in [3.05, 3.63) is 63.7 Å². The van der Waals surface area contributed by atoms with Crippen LogP contribution in [0.25, 0.3) is 0 Å². The van der Waals surface area contributed by atoms with E-state index in [0.29, 0.717) is 22.9 Å². The highest BCUT2D eigenvalue weighted by molar-refractivity contribution is 5.94. The van der Waals surface area contributed by atoms with E-state index in [-0.39, 0.29) is 11.6 Å². The van der Waals surface area contributed by atoms with Crippen LogP contribution in [0.5, 0.6) is 5.75 Å². The van der Waals surface area contributed by atoms with Crippen LogP contribution in [0, 0.1) is 17.0 Å². The normalized spacial score (nSPS) is 12.9. The fourth-order valence-corrected chi connectivity index (χ4v) is 2.59. The van der Waals surface area contributed by atoms with Gasteiger partial charge in [-0.1, -0.05) is 32.0 Å². The summed E-state index contributed by atoms with van der Waals surface area (Å²) in [4.78, 5) is 22.8. The summed E-state index contributed by atoms with van der Waals surface area (Å²) in [7, 11) is 0. The Morgan fingerprint density at radius 3 is 2.54 bits per heavy atom. The van der Waals surface area contributed by atoms with E-state index in [1.807, 2.05) is 24.3 Å². The molecule has 0 bridgehead atoms. The van der Waals surface area contributed by atoms with Crippen LogP contribution >= 0.6 is 0 Å². The van der Waals surface area contributed by atoms with Crippen LogP contribution in [0.2, 0.25) is 0 Å². The van der Waals surface area contributed by atoms with Crippen LogP contribution in [0.15, 0.2) is 42.5 Å². The molecule has 2 aromatic rings. The topological polar surface area (TPSA) is 81.5 Å². The molecule has 0 aliphatic carbocycles. The Morgan fingerprint density at radius 1 is 1.23 bits per heavy atom. The van der Waals surface area contributed by atoms with Crippen molar-refractivity contribution in [1.82, 2.24) is 0 Å². The number of non-ortho nitro benzene ring substituents is 1. The van der Waals surface area contributed by atoms with Crippen molar-refractivity contribution in [2.45, 2.75) is 46.1 Å². The van der Waals surface area contributed by atoms with Gasteiger partial charge in [0, 0.05) is 17.8 Å². The molecule has 0 aliphatic heterocycles. The highest BCUT2D eigenvalue weighted by Crippen LogP contribution is 2.29. The van der Waals surface area contributed by atoms with Crippen molar-refractivity contribution in [2.24, 2.45) is 0 Å². The molecule has 0 radical (unpaired) electrons. The van der Waals surface area contributed by atoms with Crippen LogP contribution in [-0.2, 0) is 4.79 Å². The quantitative estimate of drug-likeness (QED) is 0.569. The number of hydrogen-bond acceptors (Lipinski definition) is 4. The van der Waals surface area contributed by atoms with E-state index >= 15 is 0 Å². The summed E-state index contributed by atoms with van der Waals surface area (Å²) in [6.45, 7) is 7.62. The lowest BCUT2D eigenvalue weighted by Gasteiger charge is -2.20. The lowest BCUT2D eigenvalue weighted by molar-refractivity contribution is -0.384. The molecule has 2 atom stereocenters. The summed E-state index contributed by atoms with van der Waals surface area (Å²) in [5, 5.41) is 13.6. The molecule has 6 heteroatoms. The second kappa shape index (κ2) is 8.47. The van der Waals surface area contributed by atoms with Crippen molar-refractivity contribution >= 4 is 17.3 Å². The zero-order valence-corrected chi connectivity index (χ0v) is 15.5. The number of aryl methyl sites for hydroxylation is 1. The zero-order valence-electron chi connectivity index (χ0n) is 15.5.